The number of hydrogen-bond donors (Lipinski definition) is 2. The number of nitrogens with zero attached hydrogens (tertiary/aromatic N) is 3. The van der Waals surface area contributed by atoms with Crippen molar-refractivity contribution >= 4 is 5.96 Å². The molecule has 6 heteroatoms. The van der Waals surface area contributed by atoms with Crippen molar-refractivity contribution in [2.24, 2.45) is 12.0 Å². The van der Waals surface area contributed by atoms with Gasteiger partial charge in [0, 0.05) is 32.4 Å². The predicted molar refractivity (Wildman–Crippen MR) is 131 cm³/mol. The number of ether oxygens (including phenoxy) is 1. The van der Waals surface area contributed by atoms with Gasteiger partial charge in [-0.25, -0.2) is 0 Å². The smallest absolute Gasteiger partial charge is 0.191 e. The molecule has 170 valence electrons. The molecule has 32 heavy (non-hydrogen) atoms. The molecule has 0 amide bonds. The molecule has 0 saturated carbocycles. The van der Waals surface area contributed by atoms with Gasteiger partial charge in [0.05, 0.1) is 18.9 Å². The van der Waals surface area contributed by atoms with E-state index < -0.39 is 0 Å². The van der Waals surface area contributed by atoms with E-state index in [-0.39, 0.29) is 6.04 Å². The van der Waals surface area contributed by atoms with Gasteiger partial charge < -0.3 is 15.4 Å². The van der Waals surface area contributed by atoms with Crippen LogP contribution in [0.5, 0.6) is 0 Å². The summed E-state index contributed by atoms with van der Waals surface area (Å²) in [6, 6.07) is 18.8. The summed E-state index contributed by atoms with van der Waals surface area (Å²) in [5, 5.41) is 11.5. The molecule has 0 aliphatic heterocycles. The standard InChI is InChI=1S/C26H35N5O/c1-19(15-25-20(2)30-31(5)21(25)3)29-26(27-4)28-16-23-13-9-10-14-24(23)18-32-17-22-11-7-6-8-12-22/h6-14,19H,15-18H2,1-5H3,(H2,27,28,29). The Morgan fingerprint density at radius 3 is 2.38 bits per heavy atom. The monoisotopic (exact) mass is 433 g/mol. The molecule has 1 heterocycles. The number of aliphatic imine (C=N–C) groups is 1. The third kappa shape index (κ3) is 6.44. The van der Waals surface area contributed by atoms with E-state index in [2.05, 4.69) is 77.9 Å². The fraction of sp³-hybridized carbons (Fsp3) is 0.385. The molecule has 0 bridgehead atoms. The molecule has 1 atom stereocenters. The Labute approximate surface area is 191 Å². The van der Waals surface area contributed by atoms with Crippen LogP contribution in [0.4, 0.5) is 0 Å². The molecule has 0 radical (unpaired) electrons. The maximum atomic E-state index is 5.95. The Hall–Kier alpha value is -3.12. The Morgan fingerprint density at radius 2 is 1.72 bits per heavy atom. The summed E-state index contributed by atoms with van der Waals surface area (Å²) in [6.45, 7) is 8.22. The van der Waals surface area contributed by atoms with Crippen LogP contribution in [0.2, 0.25) is 0 Å². The number of rotatable bonds is 9. The zero-order valence-corrected chi connectivity index (χ0v) is 19.9. The fourth-order valence-electron chi connectivity index (χ4n) is 3.80. The van der Waals surface area contributed by atoms with Crippen molar-refractivity contribution in [1.82, 2.24) is 20.4 Å². The fourth-order valence-corrected chi connectivity index (χ4v) is 3.80. The number of nitrogens with one attached hydrogen (secondary N) is 2. The molecule has 0 fully saturated rings. The van der Waals surface area contributed by atoms with Crippen molar-refractivity contribution in [1.29, 1.82) is 0 Å². The van der Waals surface area contributed by atoms with E-state index in [1.54, 1.807) is 7.05 Å². The first kappa shape index (κ1) is 23.5. The Bertz CT molecular complexity index is 1030. The van der Waals surface area contributed by atoms with Gasteiger partial charge in [-0.05, 0) is 49.4 Å². The molecule has 1 aromatic heterocycles. The molecule has 6 nitrogen and oxygen atoms in total. The summed E-state index contributed by atoms with van der Waals surface area (Å²) in [4.78, 5) is 4.41. The molecule has 0 aliphatic rings. The largest absolute Gasteiger partial charge is 0.372 e. The molecule has 0 saturated heterocycles. The van der Waals surface area contributed by atoms with E-state index in [1.165, 1.54) is 27.9 Å². The molecule has 3 rings (SSSR count). The number of benzene rings is 2. The van der Waals surface area contributed by atoms with Crippen molar-refractivity contribution in [2.75, 3.05) is 7.05 Å². The first-order valence-electron chi connectivity index (χ1n) is 11.1. The highest BCUT2D eigenvalue weighted by Gasteiger charge is 2.14. The Balaban J connectivity index is 1.53. The molecular weight excluding hydrogens is 398 g/mol. The number of aryl methyl sites for hydroxylation is 2. The average Bonchev–Trinajstić information content (AvgIpc) is 3.04. The van der Waals surface area contributed by atoms with Crippen molar-refractivity contribution in [2.45, 2.75) is 53.0 Å². The quantitative estimate of drug-likeness (QED) is 0.395. The maximum Gasteiger partial charge on any atom is 0.191 e. The van der Waals surface area contributed by atoms with Gasteiger partial charge in [-0.1, -0.05) is 54.6 Å². The number of guanidine groups is 1. The second kappa shape index (κ2) is 11.5. The van der Waals surface area contributed by atoms with Crippen LogP contribution in [0.1, 0.15) is 40.6 Å². The summed E-state index contributed by atoms with van der Waals surface area (Å²) < 4.78 is 7.90. The highest BCUT2D eigenvalue weighted by atomic mass is 16.5. The molecule has 0 spiro atoms. The summed E-state index contributed by atoms with van der Waals surface area (Å²) in [6.07, 6.45) is 0.899. The van der Waals surface area contributed by atoms with Crippen LogP contribution in [-0.4, -0.2) is 28.8 Å². The topological polar surface area (TPSA) is 63.5 Å². The van der Waals surface area contributed by atoms with Crippen LogP contribution in [0.25, 0.3) is 0 Å². The van der Waals surface area contributed by atoms with Gasteiger partial charge in [0.15, 0.2) is 5.96 Å². The normalized spacial score (nSPS) is 12.6. The lowest BCUT2D eigenvalue weighted by molar-refractivity contribution is 0.106. The van der Waals surface area contributed by atoms with Crippen LogP contribution in [0.3, 0.4) is 0 Å². The van der Waals surface area contributed by atoms with E-state index in [9.17, 15) is 0 Å². The summed E-state index contributed by atoms with van der Waals surface area (Å²) in [5.74, 6) is 0.789. The zero-order chi connectivity index (χ0) is 22.9. The summed E-state index contributed by atoms with van der Waals surface area (Å²) in [5.41, 5.74) is 7.16. The van der Waals surface area contributed by atoms with E-state index in [0.717, 1.165) is 18.1 Å². The minimum absolute atomic E-state index is 0.229. The first-order valence-corrected chi connectivity index (χ1v) is 11.1. The molecule has 3 aromatic rings. The van der Waals surface area contributed by atoms with Crippen molar-refractivity contribution in [3.8, 4) is 0 Å². The highest BCUT2D eigenvalue weighted by molar-refractivity contribution is 5.80. The van der Waals surface area contributed by atoms with Crippen LogP contribution < -0.4 is 10.6 Å². The minimum Gasteiger partial charge on any atom is -0.372 e. The second-order valence-electron chi connectivity index (χ2n) is 8.20. The van der Waals surface area contributed by atoms with Crippen LogP contribution >= 0.6 is 0 Å². The summed E-state index contributed by atoms with van der Waals surface area (Å²) >= 11 is 0. The van der Waals surface area contributed by atoms with Gasteiger partial charge in [-0.2, -0.15) is 5.10 Å². The lowest BCUT2D eigenvalue weighted by Gasteiger charge is -2.19. The third-order valence-electron chi connectivity index (χ3n) is 5.71. The van der Waals surface area contributed by atoms with Crippen LogP contribution in [0.15, 0.2) is 59.6 Å². The van der Waals surface area contributed by atoms with E-state index in [0.29, 0.717) is 19.8 Å². The molecule has 2 aromatic carbocycles. The SMILES string of the molecule is CN=C(NCc1ccccc1COCc1ccccc1)NC(C)Cc1c(C)nn(C)c1C. The zero-order valence-electron chi connectivity index (χ0n) is 19.9. The van der Waals surface area contributed by atoms with Crippen molar-refractivity contribution in [3.05, 3.63) is 88.2 Å². The maximum absolute atomic E-state index is 5.95. The lowest BCUT2D eigenvalue weighted by atomic mass is 10.1. The Morgan fingerprint density at radius 1 is 1.03 bits per heavy atom. The predicted octanol–water partition coefficient (Wildman–Crippen LogP) is 4.05. The van der Waals surface area contributed by atoms with Gasteiger partial charge in [0.2, 0.25) is 0 Å². The summed E-state index contributed by atoms with van der Waals surface area (Å²) in [7, 11) is 3.79. The minimum atomic E-state index is 0.229. The van der Waals surface area contributed by atoms with Crippen LogP contribution in [-0.2, 0) is 38.0 Å². The highest BCUT2D eigenvalue weighted by Crippen LogP contribution is 2.14. The van der Waals surface area contributed by atoms with Crippen molar-refractivity contribution < 1.29 is 4.74 Å². The third-order valence-corrected chi connectivity index (χ3v) is 5.71. The van der Waals surface area contributed by atoms with E-state index in [1.807, 2.05) is 29.9 Å². The van der Waals surface area contributed by atoms with E-state index in [4.69, 9.17) is 4.74 Å². The van der Waals surface area contributed by atoms with Gasteiger partial charge >= 0.3 is 0 Å². The number of aromatic nitrogens is 2. The lowest BCUT2D eigenvalue weighted by Crippen LogP contribution is -2.42. The van der Waals surface area contributed by atoms with Gasteiger partial charge in [-0.3, -0.25) is 9.67 Å². The number of hydrogen-bond acceptors (Lipinski definition) is 3. The molecule has 2 N–H and O–H groups in total. The molecule has 0 aliphatic carbocycles. The average molecular weight is 434 g/mol. The molecular formula is C26H35N5O. The van der Waals surface area contributed by atoms with Gasteiger partial charge in [0.1, 0.15) is 0 Å². The van der Waals surface area contributed by atoms with Gasteiger partial charge in [0.25, 0.3) is 0 Å². The van der Waals surface area contributed by atoms with Gasteiger partial charge in [-0.15, -0.1) is 0 Å². The Kier molecular flexibility index (Phi) is 8.45. The van der Waals surface area contributed by atoms with Crippen molar-refractivity contribution in [3.63, 3.8) is 0 Å². The molecule has 1 unspecified atom stereocenters. The second-order valence-corrected chi connectivity index (χ2v) is 8.20. The van der Waals surface area contributed by atoms with Crippen LogP contribution in [0, 0.1) is 13.8 Å². The first-order chi connectivity index (χ1) is 15.5. The van der Waals surface area contributed by atoms with E-state index >= 15 is 0 Å².